The number of hydrogen-bond acceptors (Lipinski definition) is 5. The summed E-state index contributed by atoms with van der Waals surface area (Å²) in [6.45, 7) is 0. The van der Waals surface area contributed by atoms with E-state index in [1.807, 2.05) is 48.5 Å². The van der Waals surface area contributed by atoms with E-state index < -0.39 is 5.91 Å². The fourth-order valence-electron chi connectivity index (χ4n) is 2.73. The van der Waals surface area contributed by atoms with Crippen molar-refractivity contribution in [2.75, 3.05) is 0 Å². The minimum atomic E-state index is -0.682. The maximum atomic E-state index is 11.2. The Morgan fingerprint density at radius 3 is 2.41 bits per heavy atom. The van der Waals surface area contributed by atoms with Gasteiger partial charge in [-0.05, 0) is 35.7 Å². The van der Waals surface area contributed by atoms with Crippen molar-refractivity contribution in [3.05, 3.63) is 96.3 Å². The maximum absolute atomic E-state index is 11.2. The summed E-state index contributed by atoms with van der Waals surface area (Å²) in [7, 11) is 0. The van der Waals surface area contributed by atoms with Crippen molar-refractivity contribution in [1.82, 2.24) is 19.9 Å². The van der Waals surface area contributed by atoms with Crippen LogP contribution in [-0.2, 0) is 0 Å². The molecule has 0 radical (unpaired) electrons. The van der Waals surface area contributed by atoms with Crippen LogP contribution in [0.2, 0.25) is 0 Å². The number of carbonyl (C=O) groups is 1. The van der Waals surface area contributed by atoms with Gasteiger partial charge in [-0.1, -0.05) is 42.3 Å². The van der Waals surface area contributed by atoms with Crippen LogP contribution in [0.3, 0.4) is 0 Å². The highest BCUT2D eigenvalue weighted by Crippen LogP contribution is 2.21. The molecule has 0 saturated heterocycles. The highest BCUT2D eigenvalue weighted by atomic mass is 16.1. The topological polar surface area (TPSA) is 94.7 Å². The Morgan fingerprint density at radius 2 is 1.66 bits per heavy atom. The predicted octanol–water partition coefficient (Wildman–Crippen LogP) is 3.10. The smallest absolute Gasteiger partial charge is 0.286 e. The number of nitrogens with zero attached hydrogens (tertiary/aromatic N) is 4. The average Bonchev–Trinajstić information content (AvgIpc) is 2.79. The first kappa shape index (κ1) is 18.0. The minimum Gasteiger partial charge on any atom is -0.363 e. The first-order valence-corrected chi connectivity index (χ1v) is 8.82. The van der Waals surface area contributed by atoms with Gasteiger partial charge in [0.15, 0.2) is 0 Å². The van der Waals surface area contributed by atoms with E-state index in [0.717, 1.165) is 16.7 Å². The molecule has 0 fully saturated rings. The van der Waals surface area contributed by atoms with E-state index in [-0.39, 0.29) is 5.82 Å². The molecule has 138 valence electrons. The van der Waals surface area contributed by atoms with Crippen LogP contribution < -0.4 is 5.73 Å². The van der Waals surface area contributed by atoms with Crippen LogP contribution in [0.15, 0.2) is 79.3 Å². The summed E-state index contributed by atoms with van der Waals surface area (Å²) in [4.78, 5) is 28.0. The molecule has 0 aliphatic rings. The summed E-state index contributed by atoms with van der Waals surface area (Å²) in [5.74, 6) is 5.49. The van der Waals surface area contributed by atoms with Crippen molar-refractivity contribution < 1.29 is 4.79 Å². The van der Waals surface area contributed by atoms with Gasteiger partial charge < -0.3 is 5.73 Å². The van der Waals surface area contributed by atoms with Crippen LogP contribution in [0.4, 0.5) is 0 Å². The van der Waals surface area contributed by atoms with E-state index in [2.05, 4.69) is 31.8 Å². The lowest BCUT2D eigenvalue weighted by Gasteiger charge is -2.03. The first-order valence-electron chi connectivity index (χ1n) is 8.82. The number of nitrogens with two attached hydrogens (primary N) is 1. The van der Waals surface area contributed by atoms with Crippen molar-refractivity contribution in [3.63, 3.8) is 0 Å². The zero-order valence-corrected chi connectivity index (χ0v) is 15.3. The van der Waals surface area contributed by atoms with Gasteiger partial charge in [0.1, 0.15) is 5.69 Å². The average molecular weight is 377 g/mol. The maximum Gasteiger partial charge on any atom is 0.286 e. The lowest BCUT2D eigenvalue weighted by molar-refractivity contribution is 0.0990. The van der Waals surface area contributed by atoms with Gasteiger partial charge in [-0.25, -0.2) is 15.0 Å². The number of aromatic nitrogens is 4. The molecule has 0 atom stereocenters. The third kappa shape index (κ3) is 4.15. The number of pyridine rings is 2. The van der Waals surface area contributed by atoms with Crippen molar-refractivity contribution >= 4 is 5.91 Å². The van der Waals surface area contributed by atoms with Crippen molar-refractivity contribution in [1.29, 1.82) is 0 Å². The highest BCUT2D eigenvalue weighted by Gasteiger charge is 2.07. The molecule has 0 spiro atoms. The van der Waals surface area contributed by atoms with Gasteiger partial charge in [0, 0.05) is 29.7 Å². The number of rotatable bonds is 3. The second-order valence-corrected chi connectivity index (χ2v) is 6.08. The SMILES string of the molecule is NC(=O)c1nccc(-c2ccc(C#Cc3ncccc3-c3ccccc3)cn2)n1. The van der Waals surface area contributed by atoms with Crippen LogP contribution in [-0.4, -0.2) is 25.8 Å². The lowest BCUT2D eigenvalue weighted by Crippen LogP contribution is -2.15. The minimum absolute atomic E-state index is 0.0447. The molecule has 3 heterocycles. The van der Waals surface area contributed by atoms with Gasteiger partial charge in [-0.3, -0.25) is 9.78 Å². The zero-order valence-electron chi connectivity index (χ0n) is 15.3. The number of primary amides is 1. The van der Waals surface area contributed by atoms with Gasteiger partial charge in [0.05, 0.1) is 11.4 Å². The molecule has 0 aliphatic heterocycles. The standard InChI is InChI=1S/C23H15N5O/c24-22(29)23-26-14-12-21(28-23)20-11-9-16(15-27-20)8-10-19-18(7-4-13-25-19)17-5-2-1-3-6-17/h1-7,9,11-15H,(H2,24,29). The molecule has 4 aromatic rings. The Hall–Kier alpha value is -4.37. The Labute approximate surface area is 167 Å². The molecule has 0 aliphatic carbocycles. The largest absolute Gasteiger partial charge is 0.363 e. The summed E-state index contributed by atoms with van der Waals surface area (Å²) >= 11 is 0. The Bertz CT molecular complexity index is 1230. The normalized spacial score (nSPS) is 10.1. The molecular weight excluding hydrogens is 362 g/mol. The quantitative estimate of drug-likeness (QED) is 0.554. The molecule has 1 aromatic carbocycles. The molecule has 0 unspecified atom stereocenters. The van der Waals surface area contributed by atoms with Gasteiger partial charge in [0.2, 0.25) is 5.82 Å². The summed E-state index contributed by atoms with van der Waals surface area (Å²) in [6.07, 6.45) is 4.85. The van der Waals surface area contributed by atoms with Gasteiger partial charge >= 0.3 is 0 Å². The molecule has 29 heavy (non-hydrogen) atoms. The third-order valence-electron chi connectivity index (χ3n) is 4.12. The zero-order chi connectivity index (χ0) is 20.1. The van der Waals surface area contributed by atoms with E-state index >= 15 is 0 Å². The summed E-state index contributed by atoms with van der Waals surface area (Å²) in [5.41, 5.74) is 9.82. The fraction of sp³-hybridized carbons (Fsp3) is 0. The van der Waals surface area contributed by atoms with Gasteiger partial charge in [-0.15, -0.1) is 0 Å². The van der Waals surface area contributed by atoms with E-state index in [0.29, 0.717) is 17.1 Å². The summed E-state index contributed by atoms with van der Waals surface area (Å²) in [5, 5.41) is 0. The third-order valence-corrected chi connectivity index (χ3v) is 4.12. The Kier molecular flexibility index (Phi) is 5.04. The van der Waals surface area contributed by atoms with Crippen molar-refractivity contribution in [3.8, 4) is 34.4 Å². The van der Waals surface area contributed by atoms with Crippen molar-refractivity contribution in [2.45, 2.75) is 0 Å². The van der Waals surface area contributed by atoms with E-state index in [1.54, 1.807) is 24.5 Å². The van der Waals surface area contributed by atoms with E-state index in [4.69, 9.17) is 5.73 Å². The molecule has 0 saturated carbocycles. The van der Waals surface area contributed by atoms with Crippen LogP contribution in [0, 0.1) is 11.8 Å². The first-order chi connectivity index (χ1) is 14.2. The number of benzene rings is 1. The molecule has 6 nitrogen and oxygen atoms in total. The molecule has 2 N–H and O–H groups in total. The lowest BCUT2D eigenvalue weighted by atomic mass is 10.0. The van der Waals surface area contributed by atoms with Crippen LogP contribution in [0.1, 0.15) is 21.9 Å². The van der Waals surface area contributed by atoms with Crippen LogP contribution >= 0.6 is 0 Å². The summed E-state index contributed by atoms with van der Waals surface area (Å²) in [6, 6.07) is 19.2. The Morgan fingerprint density at radius 1 is 0.793 bits per heavy atom. The Balaban J connectivity index is 1.61. The van der Waals surface area contributed by atoms with E-state index in [9.17, 15) is 4.79 Å². The fourth-order valence-corrected chi connectivity index (χ4v) is 2.73. The number of amides is 1. The number of hydrogen-bond donors (Lipinski definition) is 1. The molecule has 1 amide bonds. The van der Waals surface area contributed by atoms with E-state index in [1.165, 1.54) is 6.20 Å². The number of carbonyl (C=O) groups excluding carboxylic acids is 1. The summed E-state index contributed by atoms with van der Waals surface area (Å²) < 4.78 is 0. The van der Waals surface area contributed by atoms with Gasteiger partial charge in [-0.2, -0.15) is 0 Å². The van der Waals surface area contributed by atoms with Crippen LogP contribution in [0.25, 0.3) is 22.5 Å². The second kappa shape index (κ2) is 8.11. The highest BCUT2D eigenvalue weighted by molar-refractivity contribution is 5.89. The monoisotopic (exact) mass is 377 g/mol. The van der Waals surface area contributed by atoms with Crippen LogP contribution in [0.5, 0.6) is 0 Å². The molecule has 4 rings (SSSR count). The predicted molar refractivity (Wildman–Crippen MR) is 109 cm³/mol. The van der Waals surface area contributed by atoms with Gasteiger partial charge in [0.25, 0.3) is 5.91 Å². The molecule has 0 bridgehead atoms. The molecule has 3 aromatic heterocycles. The molecule has 6 heteroatoms. The second-order valence-electron chi connectivity index (χ2n) is 6.08. The van der Waals surface area contributed by atoms with Crippen molar-refractivity contribution in [2.24, 2.45) is 5.73 Å². The molecular formula is C23H15N5O.